The predicted molar refractivity (Wildman–Crippen MR) is 338 cm³/mol. The molecule has 488 valence electrons. The fourth-order valence-electron chi connectivity index (χ4n) is 7.09. The monoisotopic (exact) mass is 1220 g/mol. The lowest BCUT2D eigenvalue weighted by molar-refractivity contribution is -0.306. The number of nitrogens with two attached hydrogens (primary N) is 3. The van der Waals surface area contributed by atoms with Gasteiger partial charge in [0, 0.05) is 96.1 Å². The molecule has 1 aliphatic carbocycles. The van der Waals surface area contributed by atoms with Gasteiger partial charge in [0.25, 0.3) is 8.90 Å². The maximum absolute atomic E-state index is 12.1. The highest BCUT2D eigenvalue weighted by molar-refractivity contribution is 6.03. The standard InChI is InChI=1S/C15H22N2O3.C12H23NO3.C8H10N2O2.C7H7N.C5H12N2O2.C5H10N2O.C5H11NO2.2CH4.H3N.H2O/c1-10(2)13(18)15(3,4)17-12-7-5-11(6-8-12)9-20-14(16)19;1-9(2)10(14)12(3,4)7-6-8-13(5)11(15)16;9-7-3-1-6(2-4-7)5-12-8(10)11;1-6-2-4-7(8)5-3-6;1-6-3-4-7(2)5(6,8)9;1-6-3-4-7(2)5(6)8;1-3-4-6(2)5(7)8;;;;/h5-8,10,17H,9H2,1-4H3,(H2,16,19);9H,6-8H2,1-5H3,(H,15,16);1-4H,5,9H2,(H2,10,11);2-5,8H,1H2;8-9H,3-4H2,1-2H3;3-4H2,1-2H3;3-4H2,1-2H3,(H,7,8);2*1H4;1H3;1H2/i;;;;8D;;;;;;/hD6. The van der Waals surface area contributed by atoms with Crippen molar-refractivity contribution in [3.63, 3.8) is 0 Å². The van der Waals surface area contributed by atoms with Gasteiger partial charge in [0.15, 0.2) is 8.61 Å². The van der Waals surface area contributed by atoms with Gasteiger partial charge >= 0.3 is 30.4 Å². The number of amides is 6. The highest BCUT2D eigenvalue weighted by atomic mass is 16.6. The second-order valence-electron chi connectivity index (χ2n) is 21.0. The van der Waals surface area contributed by atoms with Gasteiger partial charge in [-0.05, 0) is 100 Å². The summed E-state index contributed by atoms with van der Waals surface area (Å²) in [6.45, 7) is 25.3. The average Bonchev–Trinajstić information content (AvgIpc) is 2.51. The van der Waals surface area contributed by atoms with Crippen LogP contribution in [0, 0.1) is 22.7 Å². The topological polar surface area (TPSA) is 419 Å². The van der Waals surface area contributed by atoms with Gasteiger partial charge in [-0.2, -0.15) is 0 Å². The summed E-state index contributed by atoms with van der Waals surface area (Å²) < 4.78 is 51.8. The number of rotatable bonds is 17. The number of benzene rings is 2. The molecule has 0 saturated carbocycles. The van der Waals surface area contributed by atoms with E-state index in [1.165, 1.54) is 9.80 Å². The number of ketones is 2. The normalized spacial score (nSPS) is 14.4. The van der Waals surface area contributed by atoms with E-state index in [1.807, 2.05) is 101 Å². The van der Waals surface area contributed by atoms with Crippen molar-refractivity contribution in [1.82, 2.24) is 35.5 Å². The molecule has 26 heteroatoms. The number of carboxylic acid groups (broad SMARTS) is 2. The summed E-state index contributed by atoms with van der Waals surface area (Å²) in [6.07, 6.45) is 10.3. The Morgan fingerprint density at radius 3 is 1.52 bits per heavy atom. The molecule has 17 N–H and O–H groups in total. The number of carbonyl (C=O) groups excluding carboxylic acids is 5. The van der Waals surface area contributed by atoms with Gasteiger partial charge in [0.05, 0.1) is 11.3 Å². The Hall–Kier alpha value is -7.62. The molecular formula is C59H108N12O14. The molecule has 0 atom stereocenters. The molecule has 85 heavy (non-hydrogen) atoms. The number of hydrogen-bond donors (Lipinski definition) is 10. The van der Waals surface area contributed by atoms with E-state index in [2.05, 4.69) is 38.1 Å². The number of urea groups is 1. The van der Waals surface area contributed by atoms with Crippen LogP contribution in [0.25, 0.3) is 2.86 Å². The Kier molecular flexibility index (Phi) is 38.0. The largest absolute Gasteiger partial charge is 0.465 e. The number of nitrogens with zero attached hydrogens (tertiary/aromatic N) is 6. The number of ether oxygens (including phenoxy) is 2. The number of likely N-dealkylation sites (N-methyl/N-ethyl adjacent to an activating group) is 4. The average molecular weight is 1220 g/mol. The number of aliphatic hydroxyl groups is 2. The summed E-state index contributed by atoms with van der Waals surface area (Å²) in [6, 6.07) is 12.8. The summed E-state index contributed by atoms with van der Waals surface area (Å²) in [7, 11) is 10.2. The molecule has 0 spiro atoms. The van der Waals surface area contributed by atoms with Crippen molar-refractivity contribution < 1.29 is 74.6 Å². The Labute approximate surface area is 516 Å². The highest BCUT2D eigenvalue weighted by Gasteiger charge is 2.39. The molecule has 2 aliphatic heterocycles. The molecule has 2 fully saturated rings. The first-order valence-electron chi connectivity index (χ1n) is 29.4. The molecule has 5 rings (SSSR count). The fraction of sp³-hybridized carbons (Fsp3) is 0.559. The van der Waals surface area contributed by atoms with Crippen LogP contribution in [0.5, 0.6) is 0 Å². The molecule has 2 saturated heterocycles. The van der Waals surface area contributed by atoms with Gasteiger partial charge in [0.1, 0.15) is 20.4 Å². The fourth-order valence-corrected chi connectivity index (χ4v) is 7.09. The van der Waals surface area contributed by atoms with E-state index in [4.69, 9.17) is 31.3 Å². The Morgan fingerprint density at radius 1 is 0.776 bits per heavy atom. The number of hydrogen-bond acceptors (Lipinski definition) is 19. The van der Waals surface area contributed by atoms with Crippen molar-refractivity contribution in [2.45, 2.75) is 121 Å². The molecular weight excluding hydrogens is 1100 g/mol. The van der Waals surface area contributed by atoms with Gasteiger partial charge in [-0.3, -0.25) is 9.59 Å². The molecule has 0 unspecified atom stereocenters. The third-order valence-corrected chi connectivity index (χ3v) is 12.1. The third kappa shape index (κ3) is 38.1. The minimum atomic E-state index is -1.51. The van der Waals surface area contributed by atoms with Gasteiger partial charge in [-0.25, -0.2) is 33.8 Å². The number of carbonyl (C=O) groups is 7. The Morgan fingerprint density at radius 2 is 1.19 bits per heavy atom. The van der Waals surface area contributed by atoms with E-state index < -0.39 is 35.9 Å². The van der Waals surface area contributed by atoms with Crippen LogP contribution in [-0.4, -0.2) is 198 Å². The minimum absolute atomic E-state index is 0. The van der Waals surface area contributed by atoms with E-state index >= 15 is 0 Å². The SMILES string of the molecule is C.C.C=C1C=CC(=N)C=C1.CN1CCN(C)C1=O.[2H]N.[2H]NC(=O)OCc1ccc(N)cc1.[2H]NC(=O)OCc1ccc(NC(C)(C)C(=O)C(C)C)cc1.[2H]O.[2H]OC(=O)N(C)CCC.[2H]OC(=O)N(C)CCCC(C)(C)C(=O)C(C)C.[2H]OC1(O)N(C)CCN1C. The second kappa shape index (κ2) is 43.9. The van der Waals surface area contributed by atoms with Crippen LogP contribution >= 0.6 is 0 Å². The van der Waals surface area contributed by atoms with Crippen LogP contribution in [0.4, 0.5) is 35.3 Å². The van der Waals surface area contributed by atoms with Crippen molar-refractivity contribution in [2.75, 3.05) is 92.6 Å². The van der Waals surface area contributed by atoms with Crippen molar-refractivity contribution in [3.8, 4) is 0 Å². The van der Waals surface area contributed by atoms with Crippen LogP contribution in [0.3, 0.4) is 0 Å². The lowest BCUT2D eigenvalue weighted by Crippen LogP contribution is -2.50. The summed E-state index contributed by atoms with van der Waals surface area (Å²) in [5.74, 6) is 0.370. The van der Waals surface area contributed by atoms with Gasteiger partial charge in [-0.15, -0.1) is 0 Å². The van der Waals surface area contributed by atoms with Crippen LogP contribution in [0.2, 0.25) is 4.24 Å². The van der Waals surface area contributed by atoms with Crippen LogP contribution < -0.4 is 28.6 Å². The van der Waals surface area contributed by atoms with Gasteiger partial charge in [-0.1, -0.05) is 106 Å². The van der Waals surface area contributed by atoms with Crippen molar-refractivity contribution in [1.29, 1.82) is 9.70 Å². The van der Waals surface area contributed by atoms with E-state index in [1.54, 1.807) is 108 Å². The minimum Gasteiger partial charge on any atom is -0.465 e. The summed E-state index contributed by atoms with van der Waals surface area (Å²) in [4.78, 5) is 86.7. The molecule has 0 radical (unpaired) electrons. The summed E-state index contributed by atoms with van der Waals surface area (Å²) in [5, 5.41) is 31.5. The molecule has 6 amide bonds. The summed E-state index contributed by atoms with van der Waals surface area (Å²) >= 11 is 0. The Bertz CT molecular complexity index is 2450. The number of Topliss-reactive ketones (excluding diaryl/α,β-unsaturated/α-hetero) is 2. The first-order valence-corrected chi connectivity index (χ1v) is 26.2. The zero-order valence-electron chi connectivity index (χ0n) is 58.2. The smallest absolute Gasteiger partial charge is 0.407 e. The third-order valence-electron chi connectivity index (χ3n) is 12.1. The lowest BCUT2D eigenvalue weighted by atomic mass is 9.79. The van der Waals surface area contributed by atoms with Crippen LogP contribution in [-0.2, 0) is 32.3 Å². The quantitative estimate of drug-likeness (QED) is 0.0530. The maximum atomic E-state index is 12.1. The molecule has 2 aromatic rings. The van der Waals surface area contributed by atoms with Crippen molar-refractivity contribution in [2.24, 2.45) is 28.7 Å². The molecule has 0 aromatic heterocycles. The van der Waals surface area contributed by atoms with E-state index in [-0.39, 0.29) is 62.9 Å². The van der Waals surface area contributed by atoms with E-state index in [9.17, 15) is 38.7 Å². The molecule has 2 heterocycles. The lowest BCUT2D eigenvalue weighted by Gasteiger charge is -2.28. The van der Waals surface area contributed by atoms with E-state index in [0.717, 1.165) is 54.7 Å². The molecule has 2 aromatic carbocycles. The zero-order chi connectivity index (χ0) is 70.5. The predicted octanol–water partition coefficient (Wildman–Crippen LogP) is 7.94. The number of anilines is 2. The number of nitrogen functional groups attached to an aromatic ring is 1. The maximum Gasteiger partial charge on any atom is 0.407 e. The Balaban J connectivity index is -0.000000238. The molecule has 26 nitrogen and oxygen atoms in total. The van der Waals surface area contributed by atoms with Gasteiger partial charge < -0.3 is 89.0 Å². The van der Waals surface area contributed by atoms with Crippen molar-refractivity contribution >= 4 is 59.1 Å². The second-order valence-corrected chi connectivity index (χ2v) is 21.0. The van der Waals surface area contributed by atoms with Crippen molar-refractivity contribution in [3.05, 3.63) is 96.1 Å². The first kappa shape index (κ1) is 73.5. The van der Waals surface area contributed by atoms with Gasteiger partial charge in [0.2, 0.25) is 2.86 Å². The highest BCUT2D eigenvalue weighted by Crippen LogP contribution is 2.27. The number of allylic oxidation sites excluding steroid dienone is 5. The number of nitrogens with one attached hydrogen (secondary N) is 2. The van der Waals surface area contributed by atoms with Crippen LogP contribution in [0.1, 0.15) is 109 Å². The molecule has 0 bridgehead atoms. The first-order chi connectivity index (χ1) is 42.0. The van der Waals surface area contributed by atoms with Crippen LogP contribution in [0.15, 0.2) is 85.0 Å². The zero-order valence-corrected chi connectivity index (χ0v) is 51.2. The number of primary amides is 2. The summed E-state index contributed by atoms with van der Waals surface area (Å²) in [5.41, 5.74) is 18.6. The van der Waals surface area contributed by atoms with E-state index in [0.29, 0.717) is 37.6 Å². The molecule has 3 aliphatic rings.